The molecule has 0 radical (unpaired) electrons. The lowest BCUT2D eigenvalue weighted by Crippen LogP contribution is -2.43. The molecule has 0 aliphatic heterocycles. The summed E-state index contributed by atoms with van der Waals surface area (Å²) in [6.07, 6.45) is 0. The molecule has 0 heterocycles. The highest BCUT2D eigenvalue weighted by atomic mass is 35.5. The first kappa shape index (κ1) is 16.8. The molecule has 3 amide bonds. The topological polar surface area (TPSA) is 70.2 Å². The molecule has 6 heteroatoms. The second-order valence-corrected chi connectivity index (χ2v) is 5.55. The summed E-state index contributed by atoms with van der Waals surface area (Å²) in [5.74, 6) is -0.326. The average Bonchev–Trinajstić information content (AvgIpc) is 2.51. The molecule has 23 heavy (non-hydrogen) atoms. The number of para-hydroxylation sites is 1. The van der Waals surface area contributed by atoms with Crippen LogP contribution in [-0.2, 0) is 4.79 Å². The van der Waals surface area contributed by atoms with Crippen LogP contribution in [0.5, 0.6) is 0 Å². The Labute approximate surface area is 140 Å². The third-order valence-corrected chi connectivity index (χ3v) is 3.62. The SMILES string of the molecule is Cc1ccc(NC(=O)C(C)NC(=O)Nc2ccccc2)cc1Cl. The number of rotatable bonds is 4. The smallest absolute Gasteiger partial charge is 0.319 e. The van der Waals surface area contributed by atoms with Crippen molar-refractivity contribution in [2.75, 3.05) is 10.6 Å². The van der Waals surface area contributed by atoms with Crippen LogP contribution in [0.2, 0.25) is 5.02 Å². The largest absolute Gasteiger partial charge is 0.326 e. The van der Waals surface area contributed by atoms with E-state index in [4.69, 9.17) is 11.6 Å². The zero-order valence-corrected chi connectivity index (χ0v) is 13.6. The van der Waals surface area contributed by atoms with Gasteiger partial charge in [-0.15, -0.1) is 0 Å². The van der Waals surface area contributed by atoms with Crippen molar-refractivity contribution in [2.24, 2.45) is 0 Å². The van der Waals surface area contributed by atoms with Crippen LogP contribution in [0, 0.1) is 6.92 Å². The van der Waals surface area contributed by atoms with Crippen molar-refractivity contribution in [1.82, 2.24) is 5.32 Å². The van der Waals surface area contributed by atoms with E-state index in [2.05, 4.69) is 16.0 Å². The molecule has 0 bridgehead atoms. The van der Waals surface area contributed by atoms with Gasteiger partial charge in [0.15, 0.2) is 0 Å². The Hall–Kier alpha value is -2.53. The molecule has 1 unspecified atom stereocenters. The maximum absolute atomic E-state index is 12.1. The monoisotopic (exact) mass is 331 g/mol. The van der Waals surface area contributed by atoms with Crippen LogP contribution >= 0.6 is 11.6 Å². The summed E-state index contributed by atoms with van der Waals surface area (Å²) in [6, 6.07) is 13.1. The van der Waals surface area contributed by atoms with E-state index < -0.39 is 12.1 Å². The number of hydrogen-bond acceptors (Lipinski definition) is 2. The lowest BCUT2D eigenvalue weighted by atomic mass is 10.2. The fourth-order valence-corrected chi connectivity index (χ4v) is 2.05. The molecule has 1 atom stereocenters. The van der Waals surface area contributed by atoms with Gasteiger partial charge in [-0.2, -0.15) is 0 Å². The van der Waals surface area contributed by atoms with Gasteiger partial charge in [-0.05, 0) is 43.7 Å². The number of carbonyl (C=O) groups is 2. The van der Waals surface area contributed by atoms with Gasteiger partial charge in [0.2, 0.25) is 5.91 Å². The summed E-state index contributed by atoms with van der Waals surface area (Å²) in [5.41, 5.74) is 2.17. The molecule has 0 aromatic heterocycles. The van der Waals surface area contributed by atoms with Gasteiger partial charge in [-0.1, -0.05) is 35.9 Å². The summed E-state index contributed by atoms with van der Waals surface area (Å²) in [4.78, 5) is 24.0. The lowest BCUT2D eigenvalue weighted by Gasteiger charge is -2.15. The normalized spacial score (nSPS) is 11.4. The van der Waals surface area contributed by atoms with E-state index >= 15 is 0 Å². The van der Waals surface area contributed by atoms with Crippen molar-refractivity contribution in [2.45, 2.75) is 19.9 Å². The van der Waals surface area contributed by atoms with E-state index in [-0.39, 0.29) is 5.91 Å². The minimum absolute atomic E-state index is 0.326. The fraction of sp³-hybridized carbons (Fsp3) is 0.176. The molecule has 2 aromatic rings. The number of halogens is 1. The fourth-order valence-electron chi connectivity index (χ4n) is 1.87. The van der Waals surface area contributed by atoms with Gasteiger partial charge in [0, 0.05) is 16.4 Å². The minimum atomic E-state index is -0.696. The molecular formula is C17H18ClN3O2. The third kappa shape index (κ3) is 5.00. The first-order chi connectivity index (χ1) is 11.0. The lowest BCUT2D eigenvalue weighted by molar-refractivity contribution is -0.117. The molecule has 0 saturated heterocycles. The predicted octanol–water partition coefficient (Wildman–Crippen LogP) is 3.80. The van der Waals surface area contributed by atoms with Gasteiger partial charge in [0.1, 0.15) is 6.04 Å². The second kappa shape index (κ2) is 7.65. The highest BCUT2D eigenvalue weighted by Crippen LogP contribution is 2.20. The number of aryl methyl sites for hydroxylation is 1. The number of nitrogens with one attached hydrogen (secondary N) is 3. The van der Waals surface area contributed by atoms with Crippen molar-refractivity contribution >= 4 is 34.9 Å². The third-order valence-electron chi connectivity index (χ3n) is 3.21. The highest BCUT2D eigenvalue weighted by Gasteiger charge is 2.16. The predicted molar refractivity (Wildman–Crippen MR) is 92.9 cm³/mol. The quantitative estimate of drug-likeness (QED) is 0.797. The van der Waals surface area contributed by atoms with E-state index in [9.17, 15) is 9.59 Å². The van der Waals surface area contributed by atoms with Gasteiger partial charge >= 0.3 is 6.03 Å². The maximum Gasteiger partial charge on any atom is 0.319 e. The van der Waals surface area contributed by atoms with Gasteiger partial charge in [0.25, 0.3) is 0 Å². The molecule has 0 fully saturated rings. The summed E-state index contributed by atoms with van der Waals surface area (Å²) >= 11 is 6.02. The van der Waals surface area contributed by atoms with E-state index in [0.717, 1.165) is 5.56 Å². The number of benzene rings is 2. The zero-order chi connectivity index (χ0) is 16.8. The number of anilines is 2. The van der Waals surface area contributed by atoms with Crippen LogP contribution in [0.3, 0.4) is 0 Å². The highest BCUT2D eigenvalue weighted by molar-refractivity contribution is 6.31. The summed E-state index contributed by atoms with van der Waals surface area (Å²) < 4.78 is 0. The minimum Gasteiger partial charge on any atom is -0.326 e. The molecule has 0 saturated carbocycles. The van der Waals surface area contributed by atoms with Crippen LogP contribution in [0.15, 0.2) is 48.5 Å². The summed E-state index contributed by atoms with van der Waals surface area (Å²) in [6.45, 7) is 3.49. The Morgan fingerprint density at radius 2 is 1.70 bits per heavy atom. The van der Waals surface area contributed by atoms with E-state index in [1.807, 2.05) is 31.2 Å². The van der Waals surface area contributed by atoms with Crippen molar-refractivity contribution in [1.29, 1.82) is 0 Å². The Kier molecular flexibility index (Phi) is 5.60. The molecule has 3 N–H and O–H groups in total. The molecule has 0 aliphatic rings. The molecule has 2 aromatic carbocycles. The number of amides is 3. The van der Waals surface area contributed by atoms with Crippen molar-refractivity contribution in [3.05, 3.63) is 59.1 Å². The van der Waals surface area contributed by atoms with Crippen molar-refractivity contribution in [3.63, 3.8) is 0 Å². The second-order valence-electron chi connectivity index (χ2n) is 5.14. The standard InChI is InChI=1S/C17H18ClN3O2/c1-11-8-9-14(10-15(11)18)20-16(22)12(2)19-17(23)21-13-6-4-3-5-7-13/h3-10,12H,1-2H3,(H,20,22)(H2,19,21,23). The molecule has 0 aliphatic carbocycles. The van der Waals surface area contributed by atoms with E-state index in [1.54, 1.807) is 31.2 Å². The first-order valence-corrected chi connectivity index (χ1v) is 7.53. The van der Waals surface area contributed by atoms with Crippen LogP contribution in [0.25, 0.3) is 0 Å². The first-order valence-electron chi connectivity index (χ1n) is 7.15. The van der Waals surface area contributed by atoms with Gasteiger partial charge in [-0.25, -0.2) is 4.79 Å². The molecule has 2 rings (SSSR count). The van der Waals surface area contributed by atoms with Gasteiger partial charge in [0.05, 0.1) is 0 Å². The van der Waals surface area contributed by atoms with E-state index in [1.165, 1.54) is 0 Å². The summed E-state index contributed by atoms with van der Waals surface area (Å²) in [7, 11) is 0. The van der Waals surface area contributed by atoms with E-state index in [0.29, 0.717) is 16.4 Å². The van der Waals surface area contributed by atoms with Crippen LogP contribution in [0.4, 0.5) is 16.2 Å². The Balaban J connectivity index is 1.89. The average molecular weight is 332 g/mol. The molecule has 0 spiro atoms. The Bertz CT molecular complexity index is 704. The van der Waals surface area contributed by atoms with Crippen molar-refractivity contribution in [3.8, 4) is 0 Å². The maximum atomic E-state index is 12.1. The Morgan fingerprint density at radius 3 is 2.35 bits per heavy atom. The summed E-state index contributed by atoms with van der Waals surface area (Å²) in [5, 5.41) is 8.52. The van der Waals surface area contributed by atoms with Crippen LogP contribution in [0.1, 0.15) is 12.5 Å². The van der Waals surface area contributed by atoms with Gasteiger partial charge < -0.3 is 16.0 Å². The van der Waals surface area contributed by atoms with Crippen LogP contribution < -0.4 is 16.0 Å². The number of urea groups is 1. The molecule has 5 nitrogen and oxygen atoms in total. The Morgan fingerprint density at radius 1 is 1.00 bits per heavy atom. The molecular weight excluding hydrogens is 314 g/mol. The zero-order valence-electron chi connectivity index (χ0n) is 12.9. The number of hydrogen-bond donors (Lipinski definition) is 3. The van der Waals surface area contributed by atoms with Crippen molar-refractivity contribution < 1.29 is 9.59 Å². The molecule has 120 valence electrons. The van der Waals surface area contributed by atoms with Gasteiger partial charge in [-0.3, -0.25) is 4.79 Å². The number of carbonyl (C=O) groups excluding carboxylic acids is 2. The van der Waals surface area contributed by atoms with Crippen LogP contribution in [-0.4, -0.2) is 18.0 Å².